The second kappa shape index (κ2) is 5.39. The van der Waals surface area contributed by atoms with Gasteiger partial charge in [-0.05, 0) is 37.1 Å². The number of imide groups is 1. The van der Waals surface area contributed by atoms with Crippen LogP contribution in [0.4, 0.5) is 4.79 Å². The van der Waals surface area contributed by atoms with Gasteiger partial charge in [0.15, 0.2) is 6.54 Å². The van der Waals surface area contributed by atoms with E-state index >= 15 is 0 Å². The van der Waals surface area contributed by atoms with Gasteiger partial charge in [-0.2, -0.15) is 0 Å². The zero-order valence-corrected chi connectivity index (χ0v) is 14.7. The number of fused-ring (bicyclic) bond motifs is 2. The fourth-order valence-electron chi connectivity index (χ4n) is 5.32. The number of benzene rings is 1. The molecule has 3 amide bonds. The zero-order valence-electron chi connectivity index (χ0n) is 14.7. The lowest BCUT2D eigenvalue weighted by atomic mass is 9.72. The third-order valence-electron chi connectivity index (χ3n) is 6.38. The van der Waals surface area contributed by atoms with Gasteiger partial charge in [0.2, 0.25) is 0 Å². The van der Waals surface area contributed by atoms with Gasteiger partial charge in [-0.15, -0.1) is 0 Å². The van der Waals surface area contributed by atoms with Gasteiger partial charge in [0.25, 0.3) is 5.91 Å². The summed E-state index contributed by atoms with van der Waals surface area (Å²) >= 11 is 0. The van der Waals surface area contributed by atoms with E-state index in [4.69, 9.17) is 0 Å². The van der Waals surface area contributed by atoms with Gasteiger partial charge in [0, 0.05) is 41.5 Å². The van der Waals surface area contributed by atoms with Crippen LogP contribution in [0.25, 0.3) is 10.9 Å². The first-order valence-electron chi connectivity index (χ1n) is 9.16. The highest BCUT2D eigenvalue weighted by atomic mass is 16.6. The standard InChI is InChI=1S/C19H22N4O3/c1-22-8-11(9-23(26)10-17(24)21-19(23)25)5-14-13-3-2-4-15-18(13)12(7-20-15)6-16(14)22/h2-4,7,11,14,16,20H,5-6,8-10H2,1H3,(H,21,24,25)/t11-,14-,16-,23?/m1/s1. The van der Waals surface area contributed by atoms with Gasteiger partial charge in [0.1, 0.15) is 0 Å². The molecule has 2 aliphatic heterocycles. The van der Waals surface area contributed by atoms with Gasteiger partial charge in [-0.1, -0.05) is 12.1 Å². The van der Waals surface area contributed by atoms with Gasteiger partial charge >= 0.3 is 6.03 Å². The Kier molecular flexibility index (Phi) is 3.31. The third-order valence-corrected chi connectivity index (χ3v) is 6.38. The van der Waals surface area contributed by atoms with Crippen molar-refractivity contribution in [2.24, 2.45) is 5.92 Å². The van der Waals surface area contributed by atoms with Crippen molar-refractivity contribution in [3.05, 3.63) is 40.7 Å². The number of hydroxylamine groups is 3. The SMILES string of the molecule is CN1C[C@H](C[N+]2([O-])CC(=O)NC2=O)C[C@@H]2c3cccc4[nH]cc(c34)C[C@H]21. The Morgan fingerprint density at radius 1 is 1.35 bits per heavy atom. The minimum atomic E-state index is -1.06. The number of likely N-dealkylation sites (tertiary alicyclic amines) is 1. The van der Waals surface area contributed by atoms with E-state index in [1.807, 2.05) is 0 Å². The van der Waals surface area contributed by atoms with Crippen molar-refractivity contribution < 1.29 is 14.2 Å². The minimum Gasteiger partial charge on any atom is -0.623 e. The Hall–Kier alpha value is -2.22. The zero-order chi connectivity index (χ0) is 18.1. The van der Waals surface area contributed by atoms with Crippen LogP contribution in [0, 0.1) is 11.1 Å². The summed E-state index contributed by atoms with van der Waals surface area (Å²) in [5.74, 6) is -0.0312. The van der Waals surface area contributed by atoms with Crippen molar-refractivity contribution in [2.45, 2.75) is 24.8 Å². The first-order valence-corrected chi connectivity index (χ1v) is 9.16. The van der Waals surface area contributed by atoms with Crippen LogP contribution in [0.2, 0.25) is 0 Å². The number of nitrogens with one attached hydrogen (secondary N) is 2. The number of aromatic amines is 1. The summed E-state index contributed by atoms with van der Waals surface area (Å²) in [6.07, 6.45) is 3.99. The van der Waals surface area contributed by atoms with Crippen molar-refractivity contribution in [1.82, 2.24) is 15.2 Å². The number of quaternary nitrogens is 1. The molecule has 2 aromatic rings. The first kappa shape index (κ1) is 16.0. The fourth-order valence-corrected chi connectivity index (χ4v) is 5.32. The molecule has 3 aliphatic rings. The Labute approximate surface area is 151 Å². The second-order valence-electron chi connectivity index (χ2n) is 8.09. The predicted octanol–water partition coefficient (Wildman–Crippen LogP) is 1.69. The Morgan fingerprint density at radius 2 is 2.19 bits per heavy atom. The Balaban J connectivity index is 1.46. The van der Waals surface area contributed by atoms with Gasteiger partial charge in [-0.25, -0.2) is 10.1 Å². The molecular formula is C19H22N4O3. The Bertz CT molecular complexity index is 923. The van der Waals surface area contributed by atoms with E-state index < -0.39 is 16.6 Å². The molecule has 7 heteroatoms. The maximum absolute atomic E-state index is 12.8. The molecule has 0 bridgehead atoms. The van der Waals surface area contributed by atoms with Gasteiger partial charge in [0.05, 0.1) is 6.54 Å². The summed E-state index contributed by atoms with van der Waals surface area (Å²) in [4.78, 5) is 29.1. The molecule has 136 valence electrons. The highest BCUT2D eigenvalue weighted by molar-refractivity contribution is 5.97. The van der Waals surface area contributed by atoms with Crippen LogP contribution in [0.1, 0.15) is 23.5 Å². The van der Waals surface area contributed by atoms with Crippen molar-refractivity contribution >= 4 is 22.8 Å². The highest BCUT2D eigenvalue weighted by Gasteiger charge is 2.45. The topological polar surface area (TPSA) is 88.3 Å². The van der Waals surface area contributed by atoms with Crippen LogP contribution in [-0.4, -0.2) is 59.2 Å². The van der Waals surface area contributed by atoms with E-state index in [1.165, 1.54) is 16.5 Å². The molecule has 2 N–H and O–H groups in total. The number of hydrogen-bond donors (Lipinski definition) is 2. The molecule has 1 aliphatic carbocycles. The number of aromatic nitrogens is 1. The summed E-state index contributed by atoms with van der Waals surface area (Å²) in [6.45, 7) is 0.659. The number of urea groups is 1. The fraction of sp³-hybridized carbons (Fsp3) is 0.474. The summed E-state index contributed by atoms with van der Waals surface area (Å²) in [5, 5.41) is 16.3. The molecule has 2 fully saturated rings. The molecule has 7 nitrogen and oxygen atoms in total. The molecule has 1 aromatic carbocycles. The molecule has 0 spiro atoms. The number of nitrogens with zero attached hydrogens (tertiary/aromatic N) is 2. The molecule has 5 rings (SSSR count). The molecule has 1 aromatic heterocycles. The minimum absolute atomic E-state index is 0.0890. The number of rotatable bonds is 2. The molecule has 1 unspecified atom stereocenters. The summed E-state index contributed by atoms with van der Waals surface area (Å²) < 4.78 is -1.06. The van der Waals surface area contributed by atoms with Crippen LogP contribution in [0.3, 0.4) is 0 Å². The normalized spacial score (nSPS) is 34.2. The van der Waals surface area contributed by atoms with Crippen molar-refractivity contribution in [3.8, 4) is 0 Å². The van der Waals surface area contributed by atoms with Crippen LogP contribution < -0.4 is 5.32 Å². The van der Waals surface area contributed by atoms with Crippen LogP contribution in [0.15, 0.2) is 24.4 Å². The number of piperidine rings is 1. The van der Waals surface area contributed by atoms with E-state index in [-0.39, 0.29) is 19.0 Å². The number of H-pyrrole nitrogens is 1. The van der Waals surface area contributed by atoms with Crippen LogP contribution in [0.5, 0.6) is 0 Å². The smallest absolute Gasteiger partial charge is 0.423 e. The summed E-state index contributed by atoms with van der Waals surface area (Å²) in [5.41, 5.74) is 3.86. The average molecular weight is 354 g/mol. The van der Waals surface area contributed by atoms with E-state index in [0.717, 1.165) is 24.9 Å². The molecule has 0 radical (unpaired) electrons. The van der Waals surface area contributed by atoms with E-state index in [2.05, 4.69) is 46.6 Å². The Morgan fingerprint density at radius 3 is 2.96 bits per heavy atom. The molecule has 2 saturated heterocycles. The maximum atomic E-state index is 12.8. The van der Waals surface area contributed by atoms with Crippen molar-refractivity contribution in [2.75, 3.05) is 26.7 Å². The van der Waals surface area contributed by atoms with Gasteiger partial charge < -0.3 is 15.1 Å². The lowest BCUT2D eigenvalue weighted by molar-refractivity contribution is -0.788. The lowest BCUT2D eigenvalue weighted by Crippen LogP contribution is -2.54. The number of hydrogen-bond acceptors (Lipinski definition) is 4. The predicted molar refractivity (Wildman–Crippen MR) is 96.2 cm³/mol. The number of carbonyl (C=O) groups is 2. The molecule has 3 heterocycles. The number of carbonyl (C=O) groups excluding carboxylic acids is 2. The maximum Gasteiger partial charge on any atom is 0.423 e. The van der Waals surface area contributed by atoms with E-state index in [9.17, 15) is 14.8 Å². The van der Waals surface area contributed by atoms with Crippen LogP contribution >= 0.6 is 0 Å². The van der Waals surface area contributed by atoms with Crippen molar-refractivity contribution in [1.29, 1.82) is 0 Å². The van der Waals surface area contributed by atoms with Crippen LogP contribution in [-0.2, 0) is 11.2 Å². The third kappa shape index (κ3) is 2.24. The summed E-state index contributed by atoms with van der Waals surface area (Å²) in [7, 11) is 2.10. The molecular weight excluding hydrogens is 332 g/mol. The van der Waals surface area contributed by atoms with Gasteiger partial charge in [-0.3, -0.25) is 9.44 Å². The lowest BCUT2D eigenvalue weighted by Gasteiger charge is -2.47. The quantitative estimate of drug-likeness (QED) is 0.488. The monoisotopic (exact) mass is 354 g/mol. The molecule has 4 atom stereocenters. The van der Waals surface area contributed by atoms with E-state index in [1.54, 1.807) is 0 Å². The largest absolute Gasteiger partial charge is 0.623 e. The second-order valence-corrected chi connectivity index (χ2v) is 8.09. The molecule has 26 heavy (non-hydrogen) atoms. The number of amides is 3. The first-order chi connectivity index (χ1) is 12.4. The number of likely N-dealkylation sites (N-methyl/N-ethyl adjacent to an activating group) is 1. The average Bonchev–Trinajstić information content (AvgIpc) is 3.10. The molecule has 0 saturated carbocycles. The van der Waals surface area contributed by atoms with E-state index in [0.29, 0.717) is 12.0 Å². The summed E-state index contributed by atoms with van der Waals surface area (Å²) in [6, 6.07) is 6.08. The highest BCUT2D eigenvalue weighted by Crippen LogP contribution is 2.44. The van der Waals surface area contributed by atoms with Crippen molar-refractivity contribution in [3.63, 3.8) is 0 Å².